The number of aromatic nitrogens is 1. The molecule has 0 aliphatic heterocycles. The third kappa shape index (κ3) is 8.77. The Morgan fingerprint density at radius 1 is 1.24 bits per heavy atom. The molecule has 0 fully saturated rings. The van der Waals surface area contributed by atoms with E-state index in [-0.39, 0.29) is 36.3 Å². The fraction of sp³-hybridized carbons (Fsp3) is 0.474. The first-order valence-electron chi connectivity index (χ1n) is 8.86. The quantitative estimate of drug-likeness (QED) is 0.294. The van der Waals surface area contributed by atoms with Crippen LogP contribution in [0.1, 0.15) is 41.6 Å². The molecule has 1 aromatic carbocycles. The largest absolute Gasteiger partial charge is 0.484 e. The molecule has 10 heteroatoms. The predicted molar refractivity (Wildman–Crippen MR) is 121 cm³/mol. The number of halogens is 4. The number of hydrogen-bond donors (Lipinski definition) is 2. The number of guanidine groups is 1. The molecule has 2 aromatic rings. The Bertz CT molecular complexity index is 809. The summed E-state index contributed by atoms with van der Waals surface area (Å²) in [7, 11) is 1.63. The molecule has 0 saturated carbocycles. The smallest absolute Gasteiger partial charge is 0.422 e. The van der Waals surface area contributed by atoms with Gasteiger partial charge in [-0.3, -0.25) is 4.99 Å². The molecule has 162 valence electrons. The number of benzene rings is 1. The van der Waals surface area contributed by atoms with Crippen LogP contribution in [-0.2, 0) is 13.1 Å². The number of ether oxygens (including phenoxy) is 1. The summed E-state index contributed by atoms with van der Waals surface area (Å²) in [4.78, 5) is 8.69. The average Bonchev–Trinajstić information content (AvgIpc) is 3.10. The van der Waals surface area contributed by atoms with Crippen LogP contribution in [0.4, 0.5) is 13.2 Å². The first-order valence-corrected chi connectivity index (χ1v) is 9.74. The maximum atomic E-state index is 12.5. The fourth-order valence-corrected chi connectivity index (χ4v) is 3.18. The summed E-state index contributed by atoms with van der Waals surface area (Å²) in [6, 6.07) is 5.18. The summed E-state index contributed by atoms with van der Waals surface area (Å²) < 4.78 is 42.4. The van der Waals surface area contributed by atoms with Gasteiger partial charge < -0.3 is 15.4 Å². The molecule has 0 atom stereocenters. The van der Waals surface area contributed by atoms with Crippen molar-refractivity contribution in [1.29, 1.82) is 0 Å². The van der Waals surface area contributed by atoms with Gasteiger partial charge in [-0.15, -0.1) is 35.3 Å². The zero-order valence-corrected chi connectivity index (χ0v) is 19.9. The van der Waals surface area contributed by atoms with Crippen LogP contribution < -0.4 is 15.4 Å². The number of aliphatic imine (C=N–C) groups is 1. The molecular weight excluding hydrogens is 516 g/mol. The van der Waals surface area contributed by atoms with Gasteiger partial charge in [0.1, 0.15) is 5.75 Å². The van der Waals surface area contributed by atoms with E-state index in [1.54, 1.807) is 37.4 Å². The minimum absolute atomic E-state index is 0. The molecular formula is C19H26F3IN4OS. The molecule has 1 aromatic heterocycles. The molecule has 5 nitrogen and oxygen atoms in total. The van der Waals surface area contributed by atoms with Crippen LogP contribution in [0.15, 0.2) is 28.6 Å². The van der Waals surface area contributed by atoms with E-state index in [9.17, 15) is 13.2 Å². The van der Waals surface area contributed by atoms with Crippen LogP contribution in [0.2, 0.25) is 0 Å². The van der Waals surface area contributed by atoms with Crippen LogP contribution in [0, 0.1) is 6.92 Å². The number of thiazole rings is 1. The van der Waals surface area contributed by atoms with Crippen molar-refractivity contribution >= 4 is 41.3 Å². The Hall–Kier alpha value is -1.56. The Morgan fingerprint density at radius 2 is 1.93 bits per heavy atom. The number of nitrogens with one attached hydrogen (secondary N) is 2. The predicted octanol–water partition coefficient (Wildman–Crippen LogP) is 5.00. The van der Waals surface area contributed by atoms with E-state index >= 15 is 0 Å². The molecule has 0 bridgehead atoms. The lowest BCUT2D eigenvalue weighted by molar-refractivity contribution is -0.153. The van der Waals surface area contributed by atoms with Crippen LogP contribution in [-0.4, -0.2) is 30.8 Å². The van der Waals surface area contributed by atoms with Gasteiger partial charge in [0.15, 0.2) is 12.6 Å². The number of nitrogens with zero attached hydrogens (tertiary/aromatic N) is 2. The first kappa shape index (κ1) is 25.5. The second-order valence-corrected chi connectivity index (χ2v) is 7.52. The van der Waals surface area contributed by atoms with Gasteiger partial charge in [0, 0.05) is 30.5 Å². The monoisotopic (exact) mass is 542 g/mol. The molecule has 0 saturated heterocycles. The Balaban J connectivity index is 0.00000420. The van der Waals surface area contributed by atoms with Crippen molar-refractivity contribution in [3.05, 3.63) is 45.4 Å². The van der Waals surface area contributed by atoms with Crippen molar-refractivity contribution in [3.8, 4) is 5.75 Å². The van der Waals surface area contributed by atoms with Crippen molar-refractivity contribution in [2.75, 3.05) is 13.7 Å². The molecule has 0 spiro atoms. The zero-order valence-electron chi connectivity index (χ0n) is 16.8. The highest BCUT2D eigenvalue weighted by molar-refractivity contribution is 14.0. The maximum Gasteiger partial charge on any atom is 0.422 e. The van der Waals surface area contributed by atoms with Gasteiger partial charge in [0.05, 0.1) is 17.2 Å². The lowest BCUT2D eigenvalue weighted by Gasteiger charge is -2.16. The normalized spacial score (nSPS) is 11.9. The zero-order chi connectivity index (χ0) is 20.7. The van der Waals surface area contributed by atoms with E-state index in [0.717, 1.165) is 16.3 Å². The first-order chi connectivity index (χ1) is 13.2. The van der Waals surface area contributed by atoms with Crippen molar-refractivity contribution in [2.45, 2.75) is 46.0 Å². The summed E-state index contributed by atoms with van der Waals surface area (Å²) in [6.45, 7) is 5.46. The highest BCUT2D eigenvalue weighted by Crippen LogP contribution is 2.24. The van der Waals surface area contributed by atoms with Gasteiger partial charge in [-0.25, -0.2) is 4.98 Å². The minimum atomic E-state index is -4.38. The number of rotatable bonds is 7. The molecule has 0 aliphatic carbocycles. The standard InChI is InChI=1S/C19H25F3N4OS.HI/c1-12(2)17-26-15(10-28-17)9-25-18(23-4)24-8-14-6-5-13(3)7-16(14)27-11-19(20,21)22;/h5-7,10,12H,8-9,11H2,1-4H3,(H2,23,24,25);1H. The average molecular weight is 542 g/mol. The molecule has 2 N–H and O–H groups in total. The maximum absolute atomic E-state index is 12.5. The van der Waals surface area contributed by atoms with Crippen LogP contribution in [0.3, 0.4) is 0 Å². The molecule has 1 heterocycles. The summed E-state index contributed by atoms with van der Waals surface area (Å²) in [6.07, 6.45) is -4.38. The lowest BCUT2D eigenvalue weighted by atomic mass is 10.1. The van der Waals surface area contributed by atoms with Gasteiger partial charge in [0.2, 0.25) is 0 Å². The van der Waals surface area contributed by atoms with E-state index < -0.39 is 12.8 Å². The molecule has 0 radical (unpaired) electrons. The molecule has 0 aliphatic rings. The summed E-state index contributed by atoms with van der Waals surface area (Å²) >= 11 is 1.62. The van der Waals surface area contributed by atoms with Gasteiger partial charge >= 0.3 is 6.18 Å². The van der Waals surface area contributed by atoms with Gasteiger partial charge in [-0.1, -0.05) is 26.0 Å². The second kappa shape index (κ2) is 11.6. The summed E-state index contributed by atoms with van der Waals surface area (Å²) in [5.41, 5.74) is 2.36. The summed E-state index contributed by atoms with van der Waals surface area (Å²) in [5.74, 6) is 1.12. The number of aryl methyl sites for hydroxylation is 1. The van der Waals surface area contributed by atoms with Crippen molar-refractivity contribution < 1.29 is 17.9 Å². The van der Waals surface area contributed by atoms with Crippen LogP contribution >= 0.6 is 35.3 Å². The lowest BCUT2D eigenvalue weighted by Crippen LogP contribution is -2.36. The Kier molecular flexibility index (Phi) is 10.2. The van der Waals surface area contributed by atoms with Crippen LogP contribution in [0.25, 0.3) is 0 Å². The van der Waals surface area contributed by atoms with Crippen LogP contribution in [0.5, 0.6) is 5.75 Å². The minimum Gasteiger partial charge on any atom is -0.484 e. The summed E-state index contributed by atoms with van der Waals surface area (Å²) in [5, 5.41) is 9.33. The van der Waals surface area contributed by atoms with E-state index in [2.05, 4.69) is 34.5 Å². The Labute approximate surface area is 190 Å². The molecule has 0 unspecified atom stereocenters. The molecule has 29 heavy (non-hydrogen) atoms. The third-order valence-corrected chi connectivity index (χ3v) is 4.98. The van der Waals surface area contributed by atoms with Gasteiger partial charge in [0.25, 0.3) is 0 Å². The van der Waals surface area contributed by atoms with Crippen molar-refractivity contribution in [2.24, 2.45) is 4.99 Å². The van der Waals surface area contributed by atoms with E-state index in [0.29, 0.717) is 24.0 Å². The topological polar surface area (TPSA) is 58.5 Å². The SMILES string of the molecule is CN=C(NCc1csc(C(C)C)n1)NCc1ccc(C)cc1OCC(F)(F)F.I. The fourth-order valence-electron chi connectivity index (χ4n) is 2.34. The van der Waals surface area contributed by atoms with Gasteiger partial charge in [-0.05, 0) is 18.6 Å². The van der Waals surface area contributed by atoms with E-state index in [1.807, 2.05) is 11.4 Å². The van der Waals surface area contributed by atoms with Crippen molar-refractivity contribution in [3.63, 3.8) is 0 Å². The third-order valence-electron chi connectivity index (χ3n) is 3.78. The Morgan fingerprint density at radius 3 is 2.52 bits per heavy atom. The van der Waals surface area contributed by atoms with Crippen molar-refractivity contribution in [1.82, 2.24) is 15.6 Å². The molecule has 2 rings (SSSR count). The van der Waals surface area contributed by atoms with E-state index in [4.69, 9.17) is 4.74 Å². The van der Waals surface area contributed by atoms with Gasteiger partial charge in [-0.2, -0.15) is 13.2 Å². The highest BCUT2D eigenvalue weighted by Gasteiger charge is 2.28. The number of hydrogen-bond acceptors (Lipinski definition) is 4. The highest BCUT2D eigenvalue weighted by atomic mass is 127. The second-order valence-electron chi connectivity index (χ2n) is 6.63. The number of alkyl halides is 3. The van der Waals surface area contributed by atoms with E-state index in [1.165, 1.54) is 0 Å². The molecule has 0 amide bonds.